The molecule has 0 aliphatic carbocycles. The van der Waals surface area contributed by atoms with Crippen molar-refractivity contribution < 1.29 is 14.5 Å². The first-order valence-corrected chi connectivity index (χ1v) is 9.12. The molecule has 2 N–H and O–H groups in total. The number of nitrogens with one attached hydrogen (secondary N) is 2. The van der Waals surface area contributed by atoms with Gasteiger partial charge in [-0.15, -0.1) is 0 Å². The maximum Gasteiger partial charge on any atom is 0.269 e. The second-order valence-corrected chi connectivity index (χ2v) is 6.64. The Hall–Kier alpha value is -3.52. The zero-order chi connectivity index (χ0) is 21.2. The quantitative estimate of drug-likeness (QED) is 0.293. The van der Waals surface area contributed by atoms with Crippen LogP contribution in [0.15, 0.2) is 60.3 Å². The Morgan fingerprint density at radius 1 is 1.07 bits per heavy atom. The molecule has 0 aromatic heterocycles. The predicted octanol–water partition coefficient (Wildman–Crippen LogP) is 2.43. The molecule has 2 rings (SSSR count). The molecule has 29 heavy (non-hydrogen) atoms. The lowest BCUT2D eigenvalue weighted by atomic mass is 10.1. The number of benzene rings is 2. The van der Waals surface area contributed by atoms with Gasteiger partial charge in [-0.3, -0.25) is 19.7 Å². The molecule has 8 heteroatoms. The summed E-state index contributed by atoms with van der Waals surface area (Å²) >= 11 is 0. The maximum absolute atomic E-state index is 12.6. The van der Waals surface area contributed by atoms with Gasteiger partial charge in [-0.25, -0.2) is 0 Å². The van der Waals surface area contributed by atoms with Crippen LogP contribution in [0.2, 0.25) is 0 Å². The largest absolute Gasteiger partial charge is 0.351 e. The summed E-state index contributed by atoms with van der Waals surface area (Å²) in [5, 5.41) is 16.2. The van der Waals surface area contributed by atoms with E-state index >= 15 is 0 Å². The minimum atomic E-state index is -0.538. The number of carbonyl (C=O) groups is 2. The molecule has 0 atom stereocenters. The Labute approximate surface area is 169 Å². The van der Waals surface area contributed by atoms with Crippen molar-refractivity contribution in [3.63, 3.8) is 0 Å². The summed E-state index contributed by atoms with van der Waals surface area (Å²) in [6.07, 6.45) is 2.36. The first-order valence-electron chi connectivity index (χ1n) is 9.12. The van der Waals surface area contributed by atoms with Crippen LogP contribution in [0.25, 0.3) is 6.08 Å². The lowest BCUT2D eigenvalue weighted by molar-refractivity contribution is -0.384. The molecule has 0 unspecified atom stereocenters. The van der Waals surface area contributed by atoms with Gasteiger partial charge < -0.3 is 15.5 Å². The Balaban J connectivity index is 2.14. The zero-order valence-corrected chi connectivity index (χ0v) is 16.4. The molecule has 152 valence electrons. The standard InChI is InChI=1S/C21H24N4O4/c1-24(2)14-6-13-22-21(27)19(15-16-7-4-3-5-8-16)23-20(26)17-9-11-18(12-10-17)25(28)29/h3-5,7-12,15H,6,13-14H2,1-2H3,(H,22,27)(H,23,26)/b19-15-. The molecule has 2 aromatic rings. The van der Waals surface area contributed by atoms with Crippen molar-refractivity contribution in [2.75, 3.05) is 27.2 Å². The predicted molar refractivity (Wildman–Crippen MR) is 111 cm³/mol. The summed E-state index contributed by atoms with van der Waals surface area (Å²) in [4.78, 5) is 37.4. The lowest BCUT2D eigenvalue weighted by Crippen LogP contribution is -2.36. The summed E-state index contributed by atoms with van der Waals surface area (Å²) < 4.78 is 0. The van der Waals surface area contributed by atoms with E-state index in [0.717, 1.165) is 18.5 Å². The monoisotopic (exact) mass is 396 g/mol. The molecule has 8 nitrogen and oxygen atoms in total. The van der Waals surface area contributed by atoms with Gasteiger partial charge in [0.05, 0.1) is 4.92 Å². The Morgan fingerprint density at radius 3 is 2.31 bits per heavy atom. The highest BCUT2D eigenvalue weighted by Gasteiger charge is 2.15. The minimum absolute atomic E-state index is 0.101. The second kappa shape index (κ2) is 10.7. The van der Waals surface area contributed by atoms with Gasteiger partial charge in [-0.1, -0.05) is 30.3 Å². The number of hydrogen-bond acceptors (Lipinski definition) is 5. The molecule has 0 aliphatic heterocycles. The van der Waals surface area contributed by atoms with Crippen LogP contribution in [0.1, 0.15) is 22.3 Å². The molecule has 0 bridgehead atoms. The van der Waals surface area contributed by atoms with Gasteiger partial charge in [0.25, 0.3) is 17.5 Å². The summed E-state index contributed by atoms with van der Waals surface area (Å²) in [5.41, 5.74) is 0.967. The molecule has 0 spiro atoms. The van der Waals surface area contributed by atoms with E-state index in [1.165, 1.54) is 24.3 Å². The average Bonchev–Trinajstić information content (AvgIpc) is 2.71. The Kier molecular flexibility index (Phi) is 8.05. The van der Waals surface area contributed by atoms with Crippen LogP contribution in [-0.4, -0.2) is 48.8 Å². The van der Waals surface area contributed by atoms with Crippen molar-refractivity contribution in [2.45, 2.75) is 6.42 Å². The Bertz CT molecular complexity index is 877. The van der Waals surface area contributed by atoms with Crippen LogP contribution >= 0.6 is 0 Å². The van der Waals surface area contributed by atoms with Crippen LogP contribution in [-0.2, 0) is 4.79 Å². The van der Waals surface area contributed by atoms with Gasteiger partial charge in [-0.2, -0.15) is 0 Å². The van der Waals surface area contributed by atoms with Gasteiger partial charge in [0.1, 0.15) is 5.70 Å². The van der Waals surface area contributed by atoms with Crippen molar-refractivity contribution in [1.29, 1.82) is 0 Å². The van der Waals surface area contributed by atoms with E-state index in [1.54, 1.807) is 6.08 Å². The highest BCUT2D eigenvalue weighted by Crippen LogP contribution is 2.13. The van der Waals surface area contributed by atoms with Gasteiger partial charge in [0, 0.05) is 24.2 Å². The number of hydrogen-bond donors (Lipinski definition) is 2. The van der Waals surface area contributed by atoms with Gasteiger partial charge in [0.2, 0.25) is 0 Å². The van der Waals surface area contributed by atoms with E-state index in [-0.39, 0.29) is 16.9 Å². The molecular formula is C21H24N4O4. The van der Waals surface area contributed by atoms with Crippen molar-refractivity contribution >= 4 is 23.6 Å². The Morgan fingerprint density at radius 2 is 1.72 bits per heavy atom. The van der Waals surface area contributed by atoms with Crippen LogP contribution in [0.4, 0.5) is 5.69 Å². The fourth-order valence-corrected chi connectivity index (χ4v) is 2.50. The number of rotatable bonds is 9. The lowest BCUT2D eigenvalue weighted by Gasteiger charge is -2.13. The number of nitrogens with zero attached hydrogens (tertiary/aromatic N) is 2. The molecule has 0 heterocycles. The third kappa shape index (κ3) is 7.19. The van der Waals surface area contributed by atoms with Crippen molar-refractivity contribution in [3.8, 4) is 0 Å². The van der Waals surface area contributed by atoms with E-state index in [4.69, 9.17) is 0 Å². The molecule has 0 saturated carbocycles. The number of amides is 2. The SMILES string of the molecule is CN(C)CCCNC(=O)/C(=C/c1ccccc1)NC(=O)c1ccc([N+](=O)[O-])cc1. The van der Waals surface area contributed by atoms with Gasteiger partial charge in [-0.05, 0) is 50.8 Å². The topological polar surface area (TPSA) is 105 Å². The van der Waals surface area contributed by atoms with E-state index in [2.05, 4.69) is 10.6 Å². The normalized spacial score (nSPS) is 11.2. The van der Waals surface area contributed by atoms with E-state index in [0.29, 0.717) is 6.54 Å². The average molecular weight is 396 g/mol. The van der Waals surface area contributed by atoms with Crippen LogP contribution in [0.3, 0.4) is 0 Å². The first-order chi connectivity index (χ1) is 13.9. The highest BCUT2D eigenvalue weighted by molar-refractivity contribution is 6.05. The van der Waals surface area contributed by atoms with Gasteiger partial charge >= 0.3 is 0 Å². The summed E-state index contributed by atoms with van der Waals surface area (Å²) in [7, 11) is 3.90. The van der Waals surface area contributed by atoms with Crippen LogP contribution < -0.4 is 10.6 Å². The first kappa shape index (κ1) is 21.8. The fraction of sp³-hybridized carbons (Fsp3) is 0.238. The maximum atomic E-state index is 12.6. The number of carbonyl (C=O) groups excluding carboxylic acids is 2. The smallest absolute Gasteiger partial charge is 0.269 e. The van der Waals surface area contributed by atoms with E-state index in [9.17, 15) is 19.7 Å². The fourth-order valence-electron chi connectivity index (χ4n) is 2.50. The van der Waals surface area contributed by atoms with E-state index in [1.807, 2.05) is 49.3 Å². The molecule has 0 fully saturated rings. The third-order valence-electron chi connectivity index (χ3n) is 4.01. The number of non-ortho nitro benzene ring substituents is 1. The summed E-state index contributed by atoms with van der Waals surface area (Å²) in [6, 6.07) is 14.3. The van der Waals surface area contributed by atoms with E-state index < -0.39 is 16.7 Å². The second-order valence-electron chi connectivity index (χ2n) is 6.64. The number of nitro benzene ring substituents is 1. The molecule has 0 radical (unpaired) electrons. The number of nitro groups is 1. The zero-order valence-electron chi connectivity index (χ0n) is 16.4. The third-order valence-corrected chi connectivity index (χ3v) is 4.01. The molecule has 0 aliphatic rings. The molecule has 0 saturated heterocycles. The molecule has 2 amide bonds. The van der Waals surface area contributed by atoms with Crippen LogP contribution in [0, 0.1) is 10.1 Å². The molecular weight excluding hydrogens is 372 g/mol. The van der Waals surface area contributed by atoms with Crippen molar-refractivity contribution in [1.82, 2.24) is 15.5 Å². The summed E-state index contributed by atoms with van der Waals surface area (Å²) in [5.74, 6) is -0.923. The molecule has 2 aromatic carbocycles. The summed E-state index contributed by atoms with van der Waals surface area (Å²) in [6.45, 7) is 1.30. The van der Waals surface area contributed by atoms with Crippen molar-refractivity contribution in [3.05, 3.63) is 81.5 Å². The highest BCUT2D eigenvalue weighted by atomic mass is 16.6. The van der Waals surface area contributed by atoms with Crippen molar-refractivity contribution in [2.24, 2.45) is 0 Å². The van der Waals surface area contributed by atoms with Gasteiger partial charge in [0.15, 0.2) is 0 Å². The van der Waals surface area contributed by atoms with Crippen LogP contribution in [0.5, 0.6) is 0 Å². The minimum Gasteiger partial charge on any atom is -0.351 e.